The molecule has 1 spiro atoms. The zero-order valence-electron chi connectivity index (χ0n) is 16.0. The lowest BCUT2D eigenvalue weighted by Gasteiger charge is -2.33. The molecule has 5 heteroatoms. The third-order valence-corrected chi connectivity index (χ3v) is 5.38. The summed E-state index contributed by atoms with van der Waals surface area (Å²) in [5, 5.41) is 3.62. The van der Waals surface area contributed by atoms with Crippen molar-refractivity contribution in [1.29, 1.82) is 0 Å². The summed E-state index contributed by atoms with van der Waals surface area (Å²) in [6.07, 6.45) is 8.55. The molecule has 3 rings (SSSR count). The molecule has 1 aromatic rings. The van der Waals surface area contributed by atoms with E-state index in [1.165, 1.54) is 19.3 Å². The number of hydrogen-bond acceptors (Lipinski definition) is 5. The summed E-state index contributed by atoms with van der Waals surface area (Å²) in [5.74, 6) is 1.15. The highest BCUT2D eigenvalue weighted by Crippen LogP contribution is 2.38. The first-order valence-corrected chi connectivity index (χ1v) is 9.56. The fraction of sp³-hybridized carbons (Fsp3) is 0.619. The van der Waals surface area contributed by atoms with Crippen molar-refractivity contribution >= 4 is 0 Å². The molecule has 0 bridgehead atoms. The van der Waals surface area contributed by atoms with Crippen LogP contribution in [-0.2, 0) is 16.0 Å². The van der Waals surface area contributed by atoms with E-state index >= 15 is 0 Å². The van der Waals surface area contributed by atoms with E-state index in [-0.39, 0.29) is 17.9 Å². The van der Waals surface area contributed by atoms with Crippen molar-refractivity contribution in [2.45, 2.75) is 63.0 Å². The van der Waals surface area contributed by atoms with Gasteiger partial charge >= 0.3 is 0 Å². The molecule has 0 unspecified atom stereocenters. The topological polar surface area (TPSA) is 49.0 Å². The molecular formula is C21H31NO4. The Balaban J connectivity index is 1.61. The van der Waals surface area contributed by atoms with E-state index in [1.54, 1.807) is 14.2 Å². The second-order valence-corrected chi connectivity index (χ2v) is 7.14. The number of rotatable bonds is 8. The molecule has 1 N–H and O–H groups in total. The molecule has 26 heavy (non-hydrogen) atoms. The lowest BCUT2D eigenvalue weighted by Crippen LogP contribution is -2.42. The van der Waals surface area contributed by atoms with Crippen LogP contribution in [0.3, 0.4) is 0 Å². The molecule has 1 heterocycles. The lowest BCUT2D eigenvalue weighted by atomic mass is 9.94. The summed E-state index contributed by atoms with van der Waals surface area (Å²) >= 11 is 0. The van der Waals surface area contributed by atoms with Gasteiger partial charge in [0, 0.05) is 25.4 Å². The molecule has 2 aliphatic rings. The van der Waals surface area contributed by atoms with Crippen molar-refractivity contribution in [2.24, 2.45) is 0 Å². The van der Waals surface area contributed by atoms with Crippen LogP contribution in [0.2, 0.25) is 0 Å². The molecule has 1 aromatic carbocycles. The van der Waals surface area contributed by atoms with Crippen LogP contribution < -0.4 is 14.8 Å². The highest BCUT2D eigenvalue weighted by molar-refractivity contribution is 5.42. The maximum absolute atomic E-state index is 6.40. The highest BCUT2D eigenvalue weighted by atomic mass is 16.7. The van der Waals surface area contributed by atoms with E-state index in [0.717, 1.165) is 42.9 Å². The Morgan fingerprint density at radius 3 is 2.69 bits per heavy atom. The molecule has 0 radical (unpaired) electrons. The number of nitrogens with one attached hydrogen (secondary N) is 1. The van der Waals surface area contributed by atoms with Crippen LogP contribution in [0.4, 0.5) is 0 Å². The maximum atomic E-state index is 6.40. The van der Waals surface area contributed by atoms with Crippen molar-refractivity contribution in [2.75, 3.05) is 20.8 Å². The van der Waals surface area contributed by atoms with E-state index in [4.69, 9.17) is 18.9 Å². The summed E-state index contributed by atoms with van der Waals surface area (Å²) in [6, 6.07) is 6.17. The van der Waals surface area contributed by atoms with Gasteiger partial charge in [-0.25, -0.2) is 0 Å². The summed E-state index contributed by atoms with van der Waals surface area (Å²) in [5.41, 5.74) is 1.14. The minimum absolute atomic E-state index is 0.0613. The fourth-order valence-corrected chi connectivity index (χ4v) is 3.91. The van der Waals surface area contributed by atoms with Crippen molar-refractivity contribution in [3.8, 4) is 11.5 Å². The zero-order valence-corrected chi connectivity index (χ0v) is 16.0. The second-order valence-electron chi connectivity index (χ2n) is 7.14. The smallest absolute Gasteiger partial charge is 0.168 e. The van der Waals surface area contributed by atoms with E-state index in [0.29, 0.717) is 6.61 Å². The van der Waals surface area contributed by atoms with E-state index in [1.807, 2.05) is 24.3 Å². The molecule has 1 saturated heterocycles. The average molecular weight is 361 g/mol. The monoisotopic (exact) mass is 361 g/mol. The summed E-state index contributed by atoms with van der Waals surface area (Å²) < 4.78 is 23.2. The number of hydrogen-bond donors (Lipinski definition) is 1. The Hall–Kier alpha value is -1.56. The van der Waals surface area contributed by atoms with Crippen LogP contribution in [0.25, 0.3) is 0 Å². The van der Waals surface area contributed by atoms with Gasteiger partial charge in [-0.2, -0.15) is 0 Å². The van der Waals surface area contributed by atoms with E-state index in [9.17, 15) is 0 Å². The summed E-state index contributed by atoms with van der Waals surface area (Å²) in [4.78, 5) is 0. The molecule has 2 atom stereocenters. The second kappa shape index (κ2) is 8.89. The van der Waals surface area contributed by atoms with Gasteiger partial charge in [-0.1, -0.05) is 18.6 Å². The maximum Gasteiger partial charge on any atom is 0.168 e. The third-order valence-electron chi connectivity index (χ3n) is 5.38. The standard InChI is InChI=1S/C21H31NO4/c1-4-8-17(20-15-25-21(26-20)11-6-5-7-12-21)22-14-16-9-10-18(23-2)19(13-16)24-3/h4,9-10,13,17,20,22H,1,5-8,11-12,14-15H2,2-3H3/t17-,20-/m1/s1. The van der Waals surface area contributed by atoms with Crippen LogP contribution >= 0.6 is 0 Å². The van der Waals surface area contributed by atoms with Crippen LogP contribution in [0.15, 0.2) is 30.9 Å². The fourth-order valence-electron chi connectivity index (χ4n) is 3.91. The molecule has 0 amide bonds. The normalized spacial score (nSPS) is 22.9. The predicted molar refractivity (Wildman–Crippen MR) is 102 cm³/mol. The van der Waals surface area contributed by atoms with Crippen LogP contribution in [0.5, 0.6) is 11.5 Å². The van der Waals surface area contributed by atoms with Crippen LogP contribution in [-0.4, -0.2) is 38.8 Å². The van der Waals surface area contributed by atoms with Gasteiger partial charge in [-0.15, -0.1) is 6.58 Å². The molecular weight excluding hydrogens is 330 g/mol. The Labute approximate surface area is 156 Å². The SMILES string of the molecule is C=CC[C@@H](NCc1ccc(OC)c(OC)c1)[C@H]1COC2(CCCCC2)O1. The van der Waals surface area contributed by atoms with Crippen LogP contribution in [0.1, 0.15) is 44.1 Å². The molecule has 0 aromatic heterocycles. The van der Waals surface area contributed by atoms with Crippen molar-refractivity contribution < 1.29 is 18.9 Å². The Bertz CT molecular complexity index is 598. The first kappa shape index (κ1) is 19.2. The molecule has 1 aliphatic heterocycles. The number of benzene rings is 1. The van der Waals surface area contributed by atoms with Gasteiger partial charge in [0.15, 0.2) is 17.3 Å². The third kappa shape index (κ3) is 4.40. The first-order valence-electron chi connectivity index (χ1n) is 9.56. The molecule has 1 saturated carbocycles. The lowest BCUT2D eigenvalue weighted by molar-refractivity contribution is -0.189. The number of methoxy groups -OCH3 is 2. The molecule has 2 fully saturated rings. The highest BCUT2D eigenvalue weighted by Gasteiger charge is 2.44. The molecule has 1 aliphatic carbocycles. The predicted octanol–water partition coefficient (Wildman–Crippen LogP) is 3.81. The minimum atomic E-state index is -0.340. The summed E-state index contributed by atoms with van der Waals surface area (Å²) in [7, 11) is 3.30. The van der Waals surface area contributed by atoms with Crippen LogP contribution in [0, 0.1) is 0 Å². The minimum Gasteiger partial charge on any atom is -0.493 e. The van der Waals surface area contributed by atoms with Gasteiger partial charge < -0.3 is 24.3 Å². The van der Waals surface area contributed by atoms with Gasteiger partial charge in [-0.3, -0.25) is 0 Å². The zero-order chi connectivity index (χ0) is 18.4. The quantitative estimate of drug-likeness (QED) is 0.714. The van der Waals surface area contributed by atoms with Crippen molar-refractivity contribution in [1.82, 2.24) is 5.32 Å². The van der Waals surface area contributed by atoms with E-state index in [2.05, 4.69) is 11.9 Å². The van der Waals surface area contributed by atoms with Gasteiger partial charge in [0.25, 0.3) is 0 Å². The van der Waals surface area contributed by atoms with Crippen molar-refractivity contribution in [3.05, 3.63) is 36.4 Å². The Morgan fingerprint density at radius 1 is 1.23 bits per heavy atom. The van der Waals surface area contributed by atoms with Gasteiger partial charge in [0.1, 0.15) is 0 Å². The summed E-state index contributed by atoms with van der Waals surface area (Å²) in [6.45, 7) is 5.29. The van der Waals surface area contributed by atoms with Gasteiger partial charge in [0.05, 0.1) is 26.9 Å². The molecule has 144 valence electrons. The van der Waals surface area contributed by atoms with Crippen molar-refractivity contribution in [3.63, 3.8) is 0 Å². The molecule has 5 nitrogen and oxygen atoms in total. The first-order chi connectivity index (χ1) is 12.7. The van der Waals surface area contributed by atoms with Gasteiger partial charge in [0.2, 0.25) is 0 Å². The largest absolute Gasteiger partial charge is 0.493 e. The average Bonchev–Trinajstić information content (AvgIpc) is 3.08. The van der Waals surface area contributed by atoms with Gasteiger partial charge in [-0.05, 0) is 37.0 Å². The Morgan fingerprint density at radius 2 is 2.00 bits per heavy atom. The number of ether oxygens (including phenoxy) is 4. The Kier molecular flexibility index (Phi) is 6.57. The van der Waals surface area contributed by atoms with E-state index < -0.39 is 0 Å².